The fourth-order valence-electron chi connectivity index (χ4n) is 2.05. The Morgan fingerprint density at radius 3 is 2.71 bits per heavy atom. The first-order chi connectivity index (χ1) is 6.81. The van der Waals surface area contributed by atoms with Crippen LogP contribution in [0.15, 0.2) is 12.3 Å². The number of nitrogens with one attached hydrogen (secondary N) is 1. The van der Waals surface area contributed by atoms with Crippen LogP contribution in [0.3, 0.4) is 0 Å². The SMILES string of the molecule is O=Cc1cc(C(=O)C2CCCC2)c[nH]1. The second-order valence-electron chi connectivity index (χ2n) is 3.81. The molecule has 3 heteroatoms. The van der Waals surface area contributed by atoms with Crippen LogP contribution in [0, 0.1) is 5.92 Å². The van der Waals surface area contributed by atoms with E-state index in [-0.39, 0.29) is 11.7 Å². The molecule has 3 nitrogen and oxygen atoms in total. The zero-order valence-electron chi connectivity index (χ0n) is 7.95. The van der Waals surface area contributed by atoms with E-state index in [0.717, 1.165) is 32.0 Å². The highest BCUT2D eigenvalue weighted by atomic mass is 16.1. The Hall–Kier alpha value is -1.38. The summed E-state index contributed by atoms with van der Waals surface area (Å²) >= 11 is 0. The van der Waals surface area contributed by atoms with Crippen LogP contribution >= 0.6 is 0 Å². The number of carbonyl (C=O) groups excluding carboxylic acids is 2. The molecule has 0 aliphatic heterocycles. The van der Waals surface area contributed by atoms with Gasteiger partial charge in [0, 0.05) is 17.7 Å². The molecule has 0 saturated heterocycles. The molecule has 0 aromatic carbocycles. The first kappa shape index (κ1) is 9.19. The lowest BCUT2D eigenvalue weighted by Gasteiger charge is -2.04. The van der Waals surface area contributed by atoms with Gasteiger partial charge in [0.05, 0.1) is 5.69 Å². The Morgan fingerprint density at radius 2 is 2.14 bits per heavy atom. The number of hydrogen-bond acceptors (Lipinski definition) is 2. The topological polar surface area (TPSA) is 49.9 Å². The van der Waals surface area contributed by atoms with E-state index >= 15 is 0 Å². The van der Waals surface area contributed by atoms with Crippen molar-refractivity contribution in [2.45, 2.75) is 25.7 Å². The highest BCUT2D eigenvalue weighted by Crippen LogP contribution is 2.28. The molecule has 1 aromatic heterocycles. The third-order valence-electron chi connectivity index (χ3n) is 2.84. The van der Waals surface area contributed by atoms with Crippen molar-refractivity contribution >= 4 is 12.1 Å². The van der Waals surface area contributed by atoms with Gasteiger partial charge in [-0.15, -0.1) is 0 Å². The molecule has 0 unspecified atom stereocenters. The lowest BCUT2D eigenvalue weighted by Crippen LogP contribution is -2.09. The van der Waals surface area contributed by atoms with Crippen LogP contribution in [0.25, 0.3) is 0 Å². The van der Waals surface area contributed by atoms with Gasteiger partial charge in [0.1, 0.15) is 0 Å². The molecule has 14 heavy (non-hydrogen) atoms. The van der Waals surface area contributed by atoms with Gasteiger partial charge in [-0.05, 0) is 18.9 Å². The number of rotatable bonds is 3. The molecule has 0 radical (unpaired) electrons. The van der Waals surface area contributed by atoms with Crippen molar-refractivity contribution in [1.29, 1.82) is 0 Å². The minimum absolute atomic E-state index is 0.185. The number of H-pyrrole nitrogens is 1. The van der Waals surface area contributed by atoms with E-state index in [1.807, 2.05) is 0 Å². The minimum Gasteiger partial charge on any atom is -0.358 e. The van der Waals surface area contributed by atoms with Crippen molar-refractivity contribution in [3.8, 4) is 0 Å². The number of carbonyl (C=O) groups is 2. The van der Waals surface area contributed by atoms with E-state index < -0.39 is 0 Å². The van der Waals surface area contributed by atoms with E-state index in [9.17, 15) is 9.59 Å². The molecular formula is C11H13NO2. The van der Waals surface area contributed by atoms with Gasteiger partial charge >= 0.3 is 0 Å². The Kier molecular flexibility index (Phi) is 2.48. The first-order valence-electron chi connectivity index (χ1n) is 4.99. The summed E-state index contributed by atoms with van der Waals surface area (Å²) in [4.78, 5) is 25.0. The van der Waals surface area contributed by atoms with Crippen LogP contribution in [0.1, 0.15) is 46.5 Å². The van der Waals surface area contributed by atoms with Gasteiger partial charge in [-0.2, -0.15) is 0 Å². The summed E-state index contributed by atoms with van der Waals surface area (Å²) < 4.78 is 0. The van der Waals surface area contributed by atoms with E-state index in [4.69, 9.17) is 0 Å². The van der Waals surface area contributed by atoms with Gasteiger partial charge < -0.3 is 4.98 Å². The maximum atomic E-state index is 11.8. The third kappa shape index (κ3) is 1.62. The van der Waals surface area contributed by atoms with E-state index in [1.54, 1.807) is 12.3 Å². The molecule has 0 bridgehead atoms. The number of Topliss-reactive ketones (excluding diaryl/α,β-unsaturated/α-hetero) is 1. The van der Waals surface area contributed by atoms with Crippen LogP contribution in [-0.4, -0.2) is 17.1 Å². The highest BCUT2D eigenvalue weighted by molar-refractivity contribution is 5.99. The van der Waals surface area contributed by atoms with Crippen molar-refractivity contribution in [3.05, 3.63) is 23.5 Å². The van der Waals surface area contributed by atoms with Gasteiger partial charge in [-0.3, -0.25) is 9.59 Å². The summed E-state index contributed by atoms with van der Waals surface area (Å²) in [5, 5.41) is 0. The number of hydrogen-bond donors (Lipinski definition) is 1. The summed E-state index contributed by atoms with van der Waals surface area (Å²) in [7, 11) is 0. The largest absolute Gasteiger partial charge is 0.358 e. The third-order valence-corrected chi connectivity index (χ3v) is 2.84. The van der Waals surface area contributed by atoms with Crippen LogP contribution in [0.2, 0.25) is 0 Å². The summed E-state index contributed by atoms with van der Waals surface area (Å²) in [5.41, 5.74) is 1.13. The fraction of sp³-hybridized carbons (Fsp3) is 0.455. The first-order valence-corrected chi connectivity index (χ1v) is 4.99. The molecule has 0 amide bonds. The molecular weight excluding hydrogens is 178 g/mol. The van der Waals surface area contributed by atoms with Crippen molar-refractivity contribution in [2.75, 3.05) is 0 Å². The Bertz CT molecular complexity index is 348. The molecule has 1 fully saturated rings. The van der Waals surface area contributed by atoms with Crippen molar-refractivity contribution in [2.24, 2.45) is 5.92 Å². The number of aromatic amines is 1. The maximum absolute atomic E-state index is 11.8. The molecule has 1 aliphatic rings. The summed E-state index contributed by atoms with van der Waals surface area (Å²) in [6, 6.07) is 1.63. The van der Waals surface area contributed by atoms with Crippen molar-refractivity contribution in [1.82, 2.24) is 4.98 Å². The van der Waals surface area contributed by atoms with Gasteiger partial charge in [0.25, 0.3) is 0 Å². The molecule has 0 atom stereocenters. The molecule has 0 spiro atoms. The summed E-state index contributed by atoms with van der Waals surface area (Å²) in [6.07, 6.45) is 6.67. The Balaban J connectivity index is 2.13. The second-order valence-corrected chi connectivity index (χ2v) is 3.81. The van der Waals surface area contributed by atoms with Crippen molar-refractivity contribution in [3.63, 3.8) is 0 Å². The zero-order chi connectivity index (χ0) is 9.97. The number of aldehydes is 1. The second kappa shape index (κ2) is 3.78. The molecule has 1 aliphatic carbocycles. The van der Waals surface area contributed by atoms with E-state index in [1.165, 1.54) is 0 Å². The minimum atomic E-state index is 0.185. The maximum Gasteiger partial charge on any atom is 0.167 e. The summed E-state index contributed by atoms with van der Waals surface area (Å²) in [5.74, 6) is 0.372. The quantitative estimate of drug-likeness (QED) is 0.588. The molecule has 1 saturated carbocycles. The number of aromatic nitrogens is 1. The highest BCUT2D eigenvalue weighted by Gasteiger charge is 2.24. The number of ketones is 1. The van der Waals surface area contributed by atoms with Crippen LogP contribution in [0.5, 0.6) is 0 Å². The van der Waals surface area contributed by atoms with E-state index in [0.29, 0.717) is 11.3 Å². The Labute approximate surface area is 82.5 Å². The predicted molar refractivity (Wildman–Crippen MR) is 52.5 cm³/mol. The average Bonchev–Trinajstić information content (AvgIpc) is 2.88. The van der Waals surface area contributed by atoms with Gasteiger partial charge in [0.2, 0.25) is 0 Å². The van der Waals surface area contributed by atoms with Gasteiger partial charge in [-0.1, -0.05) is 12.8 Å². The molecule has 1 N–H and O–H groups in total. The summed E-state index contributed by atoms with van der Waals surface area (Å²) in [6.45, 7) is 0. The smallest absolute Gasteiger partial charge is 0.167 e. The van der Waals surface area contributed by atoms with Crippen molar-refractivity contribution < 1.29 is 9.59 Å². The lowest BCUT2D eigenvalue weighted by molar-refractivity contribution is 0.0923. The van der Waals surface area contributed by atoms with Crippen LogP contribution < -0.4 is 0 Å². The van der Waals surface area contributed by atoms with Crippen LogP contribution in [-0.2, 0) is 0 Å². The monoisotopic (exact) mass is 191 g/mol. The molecule has 1 heterocycles. The van der Waals surface area contributed by atoms with Crippen LogP contribution in [0.4, 0.5) is 0 Å². The Morgan fingerprint density at radius 1 is 1.43 bits per heavy atom. The normalized spacial score (nSPS) is 17.1. The molecule has 74 valence electrons. The zero-order valence-corrected chi connectivity index (χ0v) is 7.95. The average molecular weight is 191 g/mol. The lowest BCUT2D eigenvalue weighted by atomic mass is 9.98. The molecule has 2 rings (SSSR count). The van der Waals surface area contributed by atoms with Gasteiger partial charge in [0.15, 0.2) is 12.1 Å². The standard InChI is InChI=1S/C11H13NO2/c13-7-10-5-9(6-12-10)11(14)8-3-1-2-4-8/h5-8,12H,1-4H2. The predicted octanol–water partition coefficient (Wildman–Crippen LogP) is 2.20. The van der Waals surface area contributed by atoms with Gasteiger partial charge in [-0.25, -0.2) is 0 Å². The fourth-order valence-corrected chi connectivity index (χ4v) is 2.05. The molecule has 1 aromatic rings. The van der Waals surface area contributed by atoms with E-state index in [2.05, 4.69) is 4.98 Å².